The minimum absolute atomic E-state index is 0.0800. The lowest BCUT2D eigenvalue weighted by Crippen LogP contribution is -2.17. The van der Waals surface area contributed by atoms with Crippen LogP contribution in [0.15, 0.2) is 16.8 Å². The van der Waals surface area contributed by atoms with Crippen LogP contribution >= 0.6 is 11.3 Å². The lowest BCUT2D eigenvalue weighted by Gasteiger charge is -2.07. The molecule has 0 aromatic carbocycles. The smallest absolute Gasteiger partial charge is 0.411 e. The monoisotopic (exact) mass is 185 g/mol. The van der Waals surface area contributed by atoms with Gasteiger partial charge in [-0.2, -0.15) is 11.3 Å². The fourth-order valence-corrected chi connectivity index (χ4v) is 1.28. The van der Waals surface area contributed by atoms with Gasteiger partial charge < -0.3 is 4.74 Å². The molecule has 66 valence electrons. The van der Waals surface area contributed by atoms with Crippen LogP contribution in [0.1, 0.15) is 13.8 Å². The third-order valence-electron chi connectivity index (χ3n) is 1.11. The first-order valence-electron chi connectivity index (χ1n) is 3.68. The second-order valence-corrected chi connectivity index (χ2v) is 3.37. The zero-order valence-electron chi connectivity index (χ0n) is 7.03. The molecule has 0 aliphatic rings. The standard InChI is InChI=1S/C8H11NO2S/c1-6(2)11-8(10)9-7-3-4-12-5-7/h3-6H,1-2H3,(H,9,10). The lowest BCUT2D eigenvalue weighted by molar-refractivity contribution is 0.130. The fourth-order valence-electron chi connectivity index (χ4n) is 0.697. The molecular weight excluding hydrogens is 174 g/mol. The Kier molecular flexibility index (Phi) is 3.10. The molecule has 0 unspecified atom stereocenters. The normalized spacial score (nSPS) is 9.92. The highest BCUT2D eigenvalue weighted by Crippen LogP contribution is 2.11. The third kappa shape index (κ3) is 2.92. The molecule has 1 aromatic rings. The molecule has 0 aliphatic carbocycles. The largest absolute Gasteiger partial charge is 0.447 e. The summed E-state index contributed by atoms with van der Waals surface area (Å²) in [5, 5.41) is 6.35. The molecule has 3 nitrogen and oxygen atoms in total. The molecule has 0 radical (unpaired) electrons. The van der Waals surface area contributed by atoms with Gasteiger partial charge >= 0.3 is 6.09 Å². The van der Waals surface area contributed by atoms with Crippen LogP contribution in [0, 0.1) is 0 Å². The van der Waals surface area contributed by atoms with Crippen molar-refractivity contribution in [2.75, 3.05) is 5.32 Å². The molecule has 1 aromatic heterocycles. The number of carbonyl (C=O) groups is 1. The molecule has 0 saturated heterocycles. The molecule has 0 aliphatic heterocycles. The van der Waals surface area contributed by atoms with Crippen LogP contribution in [0.3, 0.4) is 0 Å². The number of carbonyl (C=O) groups excluding carboxylic acids is 1. The topological polar surface area (TPSA) is 38.3 Å². The highest BCUT2D eigenvalue weighted by atomic mass is 32.1. The number of hydrogen-bond donors (Lipinski definition) is 1. The van der Waals surface area contributed by atoms with Crippen molar-refractivity contribution in [1.29, 1.82) is 0 Å². The van der Waals surface area contributed by atoms with Crippen molar-refractivity contribution in [3.05, 3.63) is 16.8 Å². The highest BCUT2D eigenvalue weighted by Gasteiger charge is 2.04. The summed E-state index contributed by atoms with van der Waals surface area (Å²) >= 11 is 1.53. The van der Waals surface area contributed by atoms with Crippen molar-refractivity contribution in [2.45, 2.75) is 20.0 Å². The second-order valence-electron chi connectivity index (χ2n) is 2.59. The summed E-state index contributed by atoms with van der Waals surface area (Å²) in [5.74, 6) is 0. The van der Waals surface area contributed by atoms with Gasteiger partial charge in [0.15, 0.2) is 0 Å². The average Bonchev–Trinajstić information content (AvgIpc) is 2.37. The first kappa shape index (κ1) is 9.06. The van der Waals surface area contributed by atoms with Gasteiger partial charge in [-0.15, -0.1) is 0 Å². The number of anilines is 1. The Bertz CT molecular complexity index is 244. The van der Waals surface area contributed by atoms with E-state index in [0.29, 0.717) is 0 Å². The van der Waals surface area contributed by atoms with Crippen molar-refractivity contribution in [3.63, 3.8) is 0 Å². The van der Waals surface area contributed by atoms with E-state index in [4.69, 9.17) is 4.74 Å². The first-order chi connectivity index (χ1) is 5.68. The minimum atomic E-state index is -0.400. The summed E-state index contributed by atoms with van der Waals surface area (Å²) in [6.07, 6.45) is -0.480. The Hall–Kier alpha value is -1.03. The SMILES string of the molecule is CC(C)OC(=O)Nc1ccsc1. The van der Waals surface area contributed by atoms with Gasteiger partial charge in [-0.25, -0.2) is 4.79 Å². The Balaban J connectivity index is 2.37. The third-order valence-corrected chi connectivity index (χ3v) is 1.79. The van der Waals surface area contributed by atoms with Gasteiger partial charge in [0.1, 0.15) is 0 Å². The molecule has 1 rings (SSSR count). The summed E-state index contributed by atoms with van der Waals surface area (Å²) < 4.78 is 4.88. The van der Waals surface area contributed by atoms with Gasteiger partial charge in [-0.1, -0.05) is 0 Å². The maximum Gasteiger partial charge on any atom is 0.411 e. The molecule has 12 heavy (non-hydrogen) atoms. The van der Waals surface area contributed by atoms with Crippen molar-refractivity contribution in [3.8, 4) is 0 Å². The average molecular weight is 185 g/mol. The number of amides is 1. The molecule has 0 saturated carbocycles. The molecule has 4 heteroatoms. The van der Waals surface area contributed by atoms with Gasteiger partial charge in [0, 0.05) is 5.38 Å². The second kappa shape index (κ2) is 4.11. The zero-order chi connectivity index (χ0) is 8.97. The Morgan fingerprint density at radius 3 is 2.92 bits per heavy atom. The van der Waals surface area contributed by atoms with E-state index in [0.717, 1.165) is 5.69 Å². The van der Waals surface area contributed by atoms with Crippen LogP contribution in [0.4, 0.5) is 10.5 Å². The van der Waals surface area contributed by atoms with Crippen LogP contribution in [0.5, 0.6) is 0 Å². The van der Waals surface area contributed by atoms with Gasteiger partial charge in [-0.3, -0.25) is 5.32 Å². The Labute approximate surface area is 75.4 Å². The number of hydrogen-bond acceptors (Lipinski definition) is 3. The van der Waals surface area contributed by atoms with E-state index < -0.39 is 6.09 Å². The summed E-state index contributed by atoms with van der Waals surface area (Å²) in [6.45, 7) is 3.63. The Morgan fingerprint density at radius 2 is 2.42 bits per heavy atom. The first-order valence-corrected chi connectivity index (χ1v) is 4.62. The quantitative estimate of drug-likeness (QED) is 0.769. The molecule has 0 fully saturated rings. The van der Waals surface area contributed by atoms with Crippen LogP contribution in [-0.4, -0.2) is 12.2 Å². The van der Waals surface area contributed by atoms with E-state index >= 15 is 0 Å². The summed E-state index contributed by atoms with van der Waals surface area (Å²) in [6, 6.07) is 1.83. The molecule has 0 bridgehead atoms. The molecule has 1 heterocycles. The summed E-state index contributed by atoms with van der Waals surface area (Å²) in [5.41, 5.74) is 0.783. The van der Waals surface area contributed by atoms with Crippen molar-refractivity contribution in [1.82, 2.24) is 0 Å². The van der Waals surface area contributed by atoms with Crippen molar-refractivity contribution in [2.24, 2.45) is 0 Å². The van der Waals surface area contributed by atoms with E-state index in [1.807, 2.05) is 30.7 Å². The van der Waals surface area contributed by atoms with Crippen LogP contribution in [0.2, 0.25) is 0 Å². The molecular formula is C8H11NO2S. The fraction of sp³-hybridized carbons (Fsp3) is 0.375. The van der Waals surface area contributed by atoms with Crippen molar-refractivity contribution < 1.29 is 9.53 Å². The molecule has 1 N–H and O–H groups in total. The molecule has 0 spiro atoms. The number of rotatable bonds is 2. The van der Waals surface area contributed by atoms with Gasteiger partial charge in [0.2, 0.25) is 0 Å². The van der Waals surface area contributed by atoms with Crippen molar-refractivity contribution >= 4 is 23.1 Å². The number of nitrogens with one attached hydrogen (secondary N) is 1. The number of thiophene rings is 1. The van der Waals surface area contributed by atoms with Crippen LogP contribution < -0.4 is 5.32 Å². The lowest BCUT2D eigenvalue weighted by atomic mass is 10.5. The maximum atomic E-state index is 11.0. The molecule has 0 atom stereocenters. The van der Waals surface area contributed by atoms with Crippen LogP contribution in [-0.2, 0) is 4.74 Å². The van der Waals surface area contributed by atoms with E-state index in [-0.39, 0.29) is 6.10 Å². The Morgan fingerprint density at radius 1 is 1.67 bits per heavy atom. The minimum Gasteiger partial charge on any atom is -0.447 e. The van der Waals surface area contributed by atoms with E-state index in [2.05, 4.69) is 5.32 Å². The predicted octanol–water partition coefficient (Wildman–Crippen LogP) is 2.71. The van der Waals surface area contributed by atoms with Gasteiger partial charge in [0.25, 0.3) is 0 Å². The van der Waals surface area contributed by atoms with E-state index in [1.165, 1.54) is 11.3 Å². The summed E-state index contributed by atoms with van der Waals surface area (Å²) in [7, 11) is 0. The van der Waals surface area contributed by atoms with E-state index in [1.54, 1.807) is 0 Å². The maximum absolute atomic E-state index is 11.0. The molecule has 1 amide bonds. The van der Waals surface area contributed by atoms with Crippen LogP contribution in [0.25, 0.3) is 0 Å². The predicted molar refractivity (Wildman–Crippen MR) is 49.6 cm³/mol. The van der Waals surface area contributed by atoms with Gasteiger partial charge in [0.05, 0.1) is 11.8 Å². The number of ether oxygens (including phenoxy) is 1. The highest BCUT2D eigenvalue weighted by molar-refractivity contribution is 7.08. The summed E-state index contributed by atoms with van der Waals surface area (Å²) in [4.78, 5) is 11.0. The van der Waals surface area contributed by atoms with Gasteiger partial charge in [-0.05, 0) is 25.3 Å². The zero-order valence-corrected chi connectivity index (χ0v) is 7.85. The van der Waals surface area contributed by atoms with E-state index in [9.17, 15) is 4.79 Å².